The molecule has 1 aromatic carbocycles. The first-order valence-electron chi connectivity index (χ1n) is 6.48. The lowest BCUT2D eigenvalue weighted by Gasteiger charge is -2.30. The predicted molar refractivity (Wildman–Crippen MR) is 70.0 cm³/mol. The van der Waals surface area contributed by atoms with Crippen molar-refractivity contribution < 1.29 is 0 Å². The highest BCUT2D eigenvalue weighted by Crippen LogP contribution is 2.30. The molecule has 88 valence electrons. The molecule has 0 amide bonds. The number of hydrogen-bond donors (Lipinski definition) is 0. The van der Waals surface area contributed by atoms with Crippen LogP contribution in [0, 0.1) is 6.92 Å². The zero-order valence-corrected chi connectivity index (χ0v) is 10.8. The lowest BCUT2D eigenvalue weighted by molar-refractivity contribution is 0.255. The highest BCUT2D eigenvalue weighted by atomic mass is 15.1. The van der Waals surface area contributed by atoms with Gasteiger partial charge in [0, 0.05) is 0 Å². The van der Waals surface area contributed by atoms with Gasteiger partial charge in [-0.1, -0.05) is 30.7 Å². The molecule has 0 unspecified atom stereocenters. The van der Waals surface area contributed by atoms with Gasteiger partial charge in [0.05, 0.1) is 0 Å². The Balaban J connectivity index is 2.19. The van der Waals surface area contributed by atoms with Gasteiger partial charge in [-0.2, -0.15) is 0 Å². The molecule has 1 saturated heterocycles. The van der Waals surface area contributed by atoms with Crippen LogP contribution in [-0.4, -0.2) is 25.0 Å². The summed E-state index contributed by atoms with van der Waals surface area (Å²) in [5.74, 6) is 0.798. The average molecular weight is 217 g/mol. The molecule has 0 N–H and O–H groups in total. The minimum absolute atomic E-state index is 0.798. The molecule has 0 atom stereocenters. The van der Waals surface area contributed by atoms with Gasteiger partial charge in [-0.25, -0.2) is 0 Å². The highest BCUT2D eigenvalue weighted by Gasteiger charge is 2.19. The predicted octanol–water partition coefficient (Wildman–Crippen LogP) is 3.37. The topological polar surface area (TPSA) is 3.24 Å². The van der Waals surface area contributed by atoms with Crippen molar-refractivity contribution in [1.29, 1.82) is 0 Å². The van der Waals surface area contributed by atoms with Crippen LogP contribution in [0.1, 0.15) is 42.4 Å². The third kappa shape index (κ3) is 2.46. The van der Waals surface area contributed by atoms with Crippen molar-refractivity contribution in [3.05, 3.63) is 34.9 Å². The molecule has 0 spiro atoms. The van der Waals surface area contributed by atoms with E-state index in [9.17, 15) is 0 Å². The Hall–Kier alpha value is -0.820. The summed E-state index contributed by atoms with van der Waals surface area (Å²) in [5, 5.41) is 0. The van der Waals surface area contributed by atoms with E-state index >= 15 is 0 Å². The molecule has 1 heteroatoms. The van der Waals surface area contributed by atoms with Gasteiger partial charge in [-0.05, 0) is 63.4 Å². The molecule has 1 heterocycles. The maximum Gasteiger partial charge on any atom is -0.00159 e. The van der Waals surface area contributed by atoms with Crippen molar-refractivity contribution in [2.45, 2.75) is 39.0 Å². The van der Waals surface area contributed by atoms with E-state index in [1.807, 2.05) is 0 Å². The Morgan fingerprint density at radius 2 is 1.94 bits per heavy atom. The first kappa shape index (κ1) is 11.7. The lowest BCUT2D eigenvalue weighted by Crippen LogP contribution is -2.29. The van der Waals surface area contributed by atoms with Crippen LogP contribution in [-0.2, 0) is 6.42 Å². The Morgan fingerprint density at radius 1 is 1.25 bits per heavy atom. The third-order valence-electron chi connectivity index (χ3n) is 3.84. The normalized spacial score (nSPS) is 18.9. The van der Waals surface area contributed by atoms with Crippen LogP contribution in [0.2, 0.25) is 0 Å². The van der Waals surface area contributed by atoms with E-state index in [1.54, 1.807) is 11.1 Å². The molecule has 2 rings (SSSR count). The molecule has 0 aromatic heterocycles. The van der Waals surface area contributed by atoms with E-state index in [0.717, 1.165) is 5.92 Å². The van der Waals surface area contributed by atoms with Crippen LogP contribution in [0.3, 0.4) is 0 Å². The van der Waals surface area contributed by atoms with Gasteiger partial charge in [-0.15, -0.1) is 0 Å². The summed E-state index contributed by atoms with van der Waals surface area (Å²) < 4.78 is 0. The van der Waals surface area contributed by atoms with E-state index in [-0.39, 0.29) is 0 Å². The van der Waals surface area contributed by atoms with Crippen LogP contribution in [0.25, 0.3) is 0 Å². The number of aryl methyl sites for hydroxylation is 2. The molecule has 1 aliphatic heterocycles. The molecular weight excluding hydrogens is 194 g/mol. The largest absolute Gasteiger partial charge is 0.306 e. The lowest BCUT2D eigenvalue weighted by atomic mass is 9.85. The summed E-state index contributed by atoms with van der Waals surface area (Å²) >= 11 is 0. The van der Waals surface area contributed by atoms with Gasteiger partial charge in [0.1, 0.15) is 0 Å². The maximum atomic E-state index is 2.44. The number of benzene rings is 1. The van der Waals surface area contributed by atoms with Gasteiger partial charge in [0.15, 0.2) is 0 Å². The van der Waals surface area contributed by atoms with Crippen LogP contribution >= 0.6 is 0 Å². The summed E-state index contributed by atoms with van der Waals surface area (Å²) in [4.78, 5) is 2.44. The minimum Gasteiger partial charge on any atom is -0.306 e. The minimum atomic E-state index is 0.798. The van der Waals surface area contributed by atoms with Gasteiger partial charge in [0.2, 0.25) is 0 Å². The second-order valence-electron chi connectivity index (χ2n) is 5.13. The SMILES string of the molecule is CCc1cc(C)ccc1C1CCN(C)CC1. The Labute approximate surface area is 99.5 Å². The second-order valence-corrected chi connectivity index (χ2v) is 5.13. The highest BCUT2D eigenvalue weighted by molar-refractivity contribution is 5.34. The van der Waals surface area contributed by atoms with E-state index < -0.39 is 0 Å². The zero-order valence-electron chi connectivity index (χ0n) is 10.8. The van der Waals surface area contributed by atoms with Crippen LogP contribution in [0.4, 0.5) is 0 Å². The first-order chi connectivity index (χ1) is 7.70. The van der Waals surface area contributed by atoms with Crippen molar-refractivity contribution in [3.63, 3.8) is 0 Å². The van der Waals surface area contributed by atoms with Crippen molar-refractivity contribution in [2.24, 2.45) is 0 Å². The molecule has 0 saturated carbocycles. The van der Waals surface area contributed by atoms with Crippen LogP contribution in [0.15, 0.2) is 18.2 Å². The van der Waals surface area contributed by atoms with E-state index in [1.165, 1.54) is 37.9 Å². The molecule has 0 radical (unpaired) electrons. The average Bonchev–Trinajstić information content (AvgIpc) is 2.30. The Kier molecular flexibility index (Phi) is 3.65. The standard InChI is InChI=1S/C15H23N/c1-4-13-11-12(2)5-6-15(13)14-7-9-16(3)10-8-14/h5-6,11,14H,4,7-10H2,1-3H3. The van der Waals surface area contributed by atoms with E-state index in [0.29, 0.717) is 0 Å². The molecule has 1 nitrogen and oxygen atoms in total. The fraction of sp³-hybridized carbons (Fsp3) is 0.600. The fourth-order valence-electron chi connectivity index (χ4n) is 2.76. The number of hydrogen-bond acceptors (Lipinski definition) is 1. The number of rotatable bonds is 2. The number of piperidine rings is 1. The summed E-state index contributed by atoms with van der Waals surface area (Å²) in [6.45, 7) is 6.97. The quantitative estimate of drug-likeness (QED) is 0.734. The third-order valence-corrected chi connectivity index (χ3v) is 3.84. The smallest absolute Gasteiger partial charge is 0.00159 e. The summed E-state index contributed by atoms with van der Waals surface area (Å²) in [6, 6.07) is 7.00. The fourth-order valence-corrected chi connectivity index (χ4v) is 2.76. The van der Waals surface area contributed by atoms with Gasteiger partial charge in [-0.3, -0.25) is 0 Å². The Morgan fingerprint density at radius 3 is 2.56 bits per heavy atom. The van der Waals surface area contributed by atoms with Gasteiger partial charge in [0.25, 0.3) is 0 Å². The van der Waals surface area contributed by atoms with Crippen molar-refractivity contribution in [2.75, 3.05) is 20.1 Å². The molecule has 1 aromatic rings. The van der Waals surface area contributed by atoms with Crippen LogP contribution < -0.4 is 0 Å². The monoisotopic (exact) mass is 217 g/mol. The number of likely N-dealkylation sites (tertiary alicyclic amines) is 1. The van der Waals surface area contributed by atoms with Crippen molar-refractivity contribution >= 4 is 0 Å². The van der Waals surface area contributed by atoms with E-state index in [4.69, 9.17) is 0 Å². The maximum absolute atomic E-state index is 2.44. The molecule has 0 bridgehead atoms. The second kappa shape index (κ2) is 5.01. The molecule has 1 fully saturated rings. The molecule has 0 aliphatic carbocycles. The van der Waals surface area contributed by atoms with Crippen molar-refractivity contribution in [3.8, 4) is 0 Å². The number of nitrogens with zero attached hydrogens (tertiary/aromatic N) is 1. The Bertz CT molecular complexity index is 348. The molecular formula is C15H23N. The van der Waals surface area contributed by atoms with E-state index in [2.05, 4.69) is 44.0 Å². The molecule has 16 heavy (non-hydrogen) atoms. The zero-order chi connectivity index (χ0) is 11.5. The molecule has 1 aliphatic rings. The summed E-state index contributed by atoms with van der Waals surface area (Å²) in [6.07, 6.45) is 3.82. The van der Waals surface area contributed by atoms with Crippen LogP contribution in [0.5, 0.6) is 0 Å². The first-order valence-corrected chi connectivity index (χ1v) is 6.48. The van der Waals surface area contributed by atoms with Gasteiger partial charge >= 0.3 is 0 Å². The summed E-state index contributed by atoms with van der Waals surface area (Å²) in [5.41, 5.74) is 4.57. The van der Waals surface area contributed by atoms with Crippen molar-refractivity contribution in [1.82, 2.24) is 4.90 Å². The van der Waals surface area contributed by atoms with Gasteiger partial charge < -0.3 is 4.90 Å². The summed E-state index contributed by atoms with van der Waals surface area (Å²) in [7, 11) is 2.23.